The summed E-state index contributed by atoms with van der Waals surface area (Å²) in [6.45, 7) is 0.330. The number of benzene rings is 3. The summed E-state index contributed by atoms with van der Waals surface area (Å²) < 4.78 is 20.9. The van der Waals surface area contributed by atoms with Crippen LogP contribution in [0.1, 0.15) is 21.5 Å². The number of nitrogens with one attached hydrogen (secondary N) is 1. The van der Waals surface area contributed by atoms with Gasteiger partial charge >= 0.3 is 0 Å². The van der Waals surface area contributed by atoms with E-state index in [2.05, 4.69) is 16.5 Å². The van der Waals surface area contributed by atoms with Crippen LogP contribution in [0.5, 0.6) is 5.75 Å². The second-order valence-electron chi connectivity index (χ2n) is 6.70. The van der Waals surface area contributed by atoms with Gasteiger partial charge in [-0.2, -0.15) is 10.4 Å². The number of halogens is 1. The number of carbonyl (C=O) groups is 1. The van der Waals surface area contributed by atoms with Crippen LogP contribution in [0.15, 0.2) is 85.2 Å². The van der Waals surface area contributed by atoms with Gasteiger partial charge in [-0.25, -0.2) is 9.07 Å². The van der Waals surface area contributed by atoms with Gasteiger partial charge in [0.2, 0.25) is 0 Å². The Morgan fingerprint density at radius 2 is 1.90 bits per heavy atom. The molecule has 31 heavy (non-hydrogen) atoms. The molecule has 7 heteroatoms. The molecular formula is C24H17FN4O2. The molecule has 4 rings (SSSR count). The second kappa shape index (κ2) is 8.93. The average molecular weight is 412 g/mol. The number of aromatic nitrogens is 2. The summed E-state index contributed by atoms with van der Waals surface area (Å²) in [5.41, 5.74) is 2.63. The van der Waals surface area contributed by atoms with E-state index in [1.165, 1.54) is 23.1 Å². The lowest BCUT2D eigenvalue weighted by Crippen LogP contribution is -2.11. The lowest BCUT2D eigenvalue weighted by Gasteiger charge is -2.08. The van der Waals surface area contributed by atoms with E-state index >= 15 is 0 Å². The first-order chi connectivity index (χ1) is 15.1. The number of rotatable bonds is 6. The third kappa shape index (κ3) is 4.77. The van der Waals surface area contributed by atoms with Crippen molar-refractivity contribution in [2.24, 2.45) is 0 Å². The molecule has 0 bridgehead atoms. The van der Waals surface area contributed by atoms with Crippen LogP contribution in [0.2, 0.25) is 0 Å². The maximum atomic E-state index is 13.9. The Morgan fingerprint density at radius 3 is 2.68 bits per heavy atom. The fourth-order valence-electron chi connectivity index (χ4n) is 2.94. The summed E-state index contributed by atoms with van der Waals surface area (Å²) in [7, 11) is 0. The van der Waals surface area contributed by atoms with Crippen LogP contribution in [-0.4, -0.2) is 15.7 Å². The third-order valence-corrected chi connectivity index (χ3v) is 4.52. The highest BCUT2D eigenvalue weighted by molar-refractivity contribution is 6.04. The van der Waals surface area contributed by atoms with Gasteiger partial charge in [0, 0.05) is 11.9 Å². The zero-order chi connectivity index (χ0) is 21.6. The molecule has 1 aromatic heterocycles. The van der Waals surface area contributed by atoms with Crippen molar-refractivity contribution in [3.05, 3.63) is 108 Å². The molecule has 1 N–H and O–H groups in total. The van der Waals surface area contributed by atoms with Gasteiger partial charge in [0.25, 0.3) is 5.91 Å². The summed E-state index contributed by atoms with van der Waals surface area (Å²) in [6.07, 6.45) is 2.86. The zero-order valence-corrected chi connectivity index (χ0v) is 16.3. The predicted octanol–water partition coefficient (Wildman–Crippen LogP) is 4.71. The molecule has 152 valence electrons. The number of carbonyl (C=O) groups excluding carboxylic acids is 1. The van der Waals surface area contributed by atoms with Crippen molar-refractivity contribution in [1.29, 1.82) is 5.26 Å². The lowest BCUT2D eigenvalue weighted by molar-refractivity contribution is 0.102. The molecule has 0 atom stereocenters. The van der Waals surface area contributed by atoms with Crippen molar-refractivity contribution in [2.45, 2.75) is 6.61 Å². The topological polar surface area (TPSA) is 79.9 Å². The smallest absolute Gasteiger partial charge is 0.258 e. The fraction of sp³-hybridized carbons (Fsp3) is 0.0417. The molecule has 0 fully saturated rings. The number of hydrogen-bond acceptors (Lipinski definition) is 4. The molecule has 0 aliphatic carbocycles. The Labute approximate surface area is 178 Å². The minimum absolute atomic E-state index is 0.267. The summed E-state index contributed by atoms with van der Waals surface area (Å²) in [5.74, 6) is -0.148. The highest BCUT2D eigenvalue weighted by Crippen LogP contribution is 2.19. The van der Waals surface area contributed by atoms with Crippen LogP contribution >= 0.6 is 0 Å². The van der Waals surface area contributed by atoms with Crippen LogP contribution in [0, 0.1) is 17.1 Å². The molecule has 1 amide bonds. The van der Waals surface area contributed by atoms with Crippen molar-refractivity contribution in [1.82, 2.24) is 9.78 Å². The van der Waals surface area contributed by atoms with Gasteiger partial charge in [0.15, 0.2) is 0 Å². The van der Waals surface area contributed by atoms with E-state index in [9.17, 15) is 9.18 Å². The third-order valence-electron chi connectivity index (χ3n) is 4.52. The molecule has 0 aliphatic heterocycles. The van der Waals surface area contributed by atoms with Gasteiger partial charge in [0.1, 0.15) is 23.9 Å². The molecule has 0 aliphatic rings. The number of amides is 1. The maximum absolute atomic E-state index is 13.9. The zero-order valence-electron chi connectivity index (χ0n) is 16.3. The normalized spacial score (nSPS) is 10.3. The molecule has 0 saturated carbocycles. The van der Waals surface area contributed by atoms with Crippen molar-refractivity contribution in [3.8, 4) is 17.5 Å². The Hall–Kier alpha value is -4.44. The standard InChI is InChI=1S/C24H17FN4O2/c25-22-6-1-2-7-23(22)29-15-19(14-27-29)24(30)28-20-8-10-21(11-9-20)31-16-18-5-3-4-17(12-18)13-26/h1-12,14-15H,16H2,(H,28,30). The van der Waals surface area contributed by atoms with Crippen molar-refractivity contribution in [2.75, 3.05) is 5.32 Å². The van der Waals surface area contributed by atoms with Crippen molar-refractivity contribution < 1.29 is 13.9 Å². The molecule has 0 saturated heterocycles. The molecule has 4 aromatic rings. The monoisotopic (exact) mass is 412 g/mol. The van der Waals surface area contributed by atoms with Gasteiger partial charge in [0.05, 0.1) is 23.4 Å². The van der Waals surface area contributed by atoms with E-state index in [0.717, 1.165) is 5.56 Å². The highest BCUT2D eigenvalue weighted by atomic mass is 19.1. The minimum atomic E-state index is -0.424. The summed E-state index contributed by atoms with van der Waals surface area (Å²) in [4.78, 5) is 12.5. The molecule has 1 heterocycles. The summed E-state index contributed by atoms with van der Waals surface area (Å²) in [5, 5.41) is 15.8. The van der Waals surface area contributed by atoms with Crippen LogP contribution < -0.4 is 10.1 Å². The first-order valence-electron chi connectivity index (χ1n) is 9.45. The van der Waals surface area contributed by atoms with Crippen LogP contribution in [0.3, 0.4) is 0 Å². The number of anilines is 1. The first kappa shape index (κ1) is 19.9. The van der Waals surface area contributed by atoms with Gasteiger partial charge < -0.3 is 10.1 Å². The first-order valence-corrected chi connectivity index (χ1v) is 9.45. The largest absolute Gasteiger partial charge is 0.489 e. The number of hydrogen-bond donors (Lipinski definition) is 1. The predicted molar refractivity (Wildman–Crippen MR) is 113 cm³/mol. The van der Waals surface area contributed by atoms with Crippen molar-refractivity contribution >= 4 is 11.6 Å². The Bertz CT molecular complexity index is 1260. The molecule has 0 radical (unpaired) electrons. The Kier molecular flexibility index (Phi) is 5.72. The molecule has 0 spiro atoms. The van der Waals surface area contributed by atoms with E-state index in [1.807, 2.05) is 12.1 Å². The van der Waals surface area contributed by atoms with Crippen LogP contribution in [0.25, 0.3) is 5.69 Å². The molecule has 0 unspecified atom stereocenters. The summed E-state index contributed by atoms with van der Waals surface area (Å²) in [6, 6.07) is 22.4. The molecule has 3 aromatic carbocycles. The molecular weight excluding hydrogens is 395 g/mol. The minimum Gasteiger partial charge on any atom is -0.489 e. The van der Waals surface area contributed by atoms with Crippen LogP contribution in [0.4, 0.5) is 10.1 Å². The second-order valence-corrected chi connectivity index (χ2v) is 6.70. The molecule has 6 nitrogen and oxygen atoms in total. The van der Waals surface area contributed by atoms with Gasteiger partial charge in [-0.05, 0) is 54.1 Å². The van der Waals surface area contributed by atoms with Gasteiger partial charge in [-0.3, -0.25) is 4.79 Å². The van der Waals surface area contributed by atoms with E-state index in [-0.39, 0.29) is 11.6 Å². The number of nitriles is 1. The Balaban J connectivity index is 1.37. The average Bonchev–Trinajstić information content (AvgIpc) is 3.29. The van der Waals surface area contributed by atoms with Crippen molar-refractivity contribution in [3.63, 3.8) is 0 Å². The van der Waals surface area contributed by atoms with Gasteiger partial charge in [-0.1, -0.05) is 24.3 Å². The number of ether oxygens (including phenoxy) is 1. The fourth-order valence-corrected chi connectivity index (χ4v) is 2.94. The summed E-state index contributed by atoms with van der Waals surface area (Å²) >= 11 is 0. The lowest BCUT2D eigenvalue weighted by atomic mass is 10.1. The SMILES string of the molecule is N#Cc1cccc(COc2ccc(NC(=O)c3cnn(-c4ccccc4F)c3)cc2)c1. The number of para-hydroxylation sites is 1. The van der Waals surface area contributed by atoms with Gasteiger partial charge in [-0.15, -0.1) is 0 Å². The quantitative estimate of drug-likeness (QED) is 0.497. The highest BCUT2D eigenvalue weighted by Gasteiger charge is 2.12. The van der Waals surface area contributed by atoms with E-state index in [0.29, 0.717) is 29.2 Å². The van der Waals surface area contributed by atoms with Crippen LogP contribution in [-0.2, 0) is 6.61 Å². The number of nitrogens with zero attached hydrogens (tertiary/aromatic N) is 3. The van der Waals surface area contributed by atoms with E-state index in [4.69, 9.17) is 10.00 Å². The maximum Gasteiger partial charge on any atom is 0.258 e. The van der Waals surface area contributed by atoms with E-state index in [1.54, 1.807) is 54.6 Å². The Morgan fingerprint density at radius 1 is 1.10 bits per heavy atom. The van der Waals surface area contributed by atoms with E-state index < -0.39 is 5.82 Å².